The van der Waals surface area contributed by atoms with Crippen LogP contribution < -0.4 is 10.6 Å². The van der Waals surface area contributed by atoms with E-state index in [2.05, 4.69) is 31.2 Å². The van der Waals surface area contributed by atoms with Crippen LogP contribution in [-0.2, 0) is 0 Å². The summed E-state index contributed by atoms with van der Waals surface area (Å²) in [6, 6.07) is 2.09. The van der Waals surface area contributed by atoms with Gasteiger partial charge in [-0.3, -0.25) is 0 Å². The molecule has 4 nitrogen and oxygen atoms in total. The molecule has 0 aromatic carbocycles. The quantitative estimate of drug-likeness (QED) is 0.835. The summed E-state index contributed by atoms with van der Waals surface area (Å²) in [4.78, 5) is 2.03. The molecule has 2 N–H and O–H groups in total. The molecular formula is C10H16N4S. The minimum Gasteiger partial charge on any atom is -0.382 e. The molecule has 0 aliphatic rings. The maximum Gasteiger partial charge on any atom is 0.157 e. The largest absolute Gasteiger partial charge is 0.382 e. The number of aromatic nitrogens is 1. The van der Waals surface area contributed by atoms with Gasteiger partial charge in [-0.25, -0.2) is 0 Å². The standard InChI is InChI=1S/C10H16N4S/c1-10(2,3)6-14(4)9-7(5-11)8(12)13-15-9/h6H2,1-4H3,(H2,12,13). The normalized spacial score (nSPS) is 11.1. The third-order valence-corrected chi connectivity index (χ3v) is 2.85. The van der Waals surface area contributed by atoms with Gasteiger partial charge in [0.05, 0.1) is 0 Å². The van der Waals surface area contributed by atoms with E-state index in [4.69, 9.17) is 11.0 Å². The van der Waals surface area contributed by atoms with Crippen LogP contribution in [0.1, 0.15) is 26.3 Å². The molecule has 5 heteroatoms. The zero-order chi connectivity index (χ0) is 11.6. The predicted octanol–water partition coefficient (Wildman–Crippen LogP) is 2.08. The van der Waals surface area contributed by atoms with E-state index < -0.39 is 0 Å². The fourth-order valence-corrected chi connectivity index (χ4v) is 2.16. The van der Waals surface area contributed by atoms with E-state index in [-0.39, 0.29) is 5.41 Å². The summed E-state index contributed by atoms with van der Waals surface area (Å²) in [5, 5.41) is 9.80. The van der Waals surface area contributed by atoms with Gasteiger partial charge < -0.3 is 10.6 Å². The maximum absolute atomic E-state index is 8.95. The molecule has 0 bridgehead atoms. The minimum atomic E-state index is 0.181. The maximum atomic E-state index is 8.95. The van der Waals surface area contributed by atoms with E-state index in [0.29, 0.717) is 11.4 Å². The van der Waals surface area contributed by atoms with Crippen molar-refractivity contribution in [2.24, 2.45) is 5.41 Å². The molecule has 0 saturated heterocycles. The summed E-state index contributed by atoms with van der Waals surface area (Å²) in [5.41, 5.74) is 6.28. The Kier molecular flexibility index (Phi) is 3.20. The first-order valence-electron chi connectivity index (χ1n) is 4.71. The van der Waals surface area contributed by atoms with Gasteiger partial charge >= 0.3 is 0 Å². The van der Waals surface area contributed by atoms with Crippen molar-refractivity contribution in [2.45, 2.75) is 20.8 Å². The molecule has 1 aromatic heterocycles. The van der Waals surface area contributed by atoms with Crippen molar-refractivity contribution in [1.82, 2.24) is 4.37 Å². The Morgan fingerprint density at radius 1 is 1.53 bits per heavy atom. The fraction of sp³-hybridized carbons (Fsp3) is 0.600. The van der Waals surface area contributed by atoms with E-state index >= 15 is 0 Å². The molecule has 0 unspecified atom stereocenters. The van der Waals surface area contributed by atoms with Crippen LogP contribution in [0, 0.1) is 16.7 Å². The lowest BCUT2D eigenvalue weighted by Gasteiger charge is -2.26. The summed E-state index contributed by atoms with van der Waals surface area (Å²) in [6.45, 7) is 7.32. The lowest BCUT2D eigenvalue weighted by atomic mass is 9.96. The molecule has 0 radical (unpaired) electrons. The molecule has 0 saturated carbocycles. The second kappa shape index (κ2) is 4.07. The lowest BCUT2D eigenvalue weighted by molar-refractivity contribution is 0.419. The summed E-state index contributed by atoms with van der Waals surface area (Å²) < 4.78 is 3.99. The van der Waals surface area contributed by atoms with E-state index in [1.807, 2.05) is 11.9 Å². The monoisotopic (exact) mass is 224 g/mol. The van der Waals surface area contributed by atoms with E-state index in [1.54, 1.807) is 0 Å². The van der Waals surface area contributed by atoms with Crippen LogP contribution in [0.4, 0.5) is 10.8 Å². The van der Waals surface area contributed by atoms with Crippen molar-refractivity contribution in [1.29, 1.82) is 5.26 Å². The zero-order valence-electron chi connectivity index (χ0n) is 9.53. The Morgan fingerprint density at radius 3 is 2.60 bits per heavy atom. The average molecular weight is 224 g/mol. The van der Waals surface area contributed by atoms with Crippen LogP contribution in [0.3, 0.4) is 0 Å². The first kappa shape index (κ1) is 11.8. The molecule has 0 amide bonds. The smallest absolute Gasteiger partial charge is 0.157 e. The predicted molar refractivity (Wildman–Crippen MR) is 64.0 cm³/mol. The molecule has 0 fully saturated rings. The van der Waals surface area contributed by atoms with Gasteiger partial charge in [-0.15, -0.1) is 0 Å². The highest BCUT2D eigenvalue weighted by molar-refractivity contribution is 7.10. The Labute approximate surface area is 94.5 Å². The molecule has 15 heavy (non-hydrogen) atoms. The number of nitrogens with two attached hydrogens (primary N) is 1. The summed E-state index contributed by atoms with van der Waals surface area (Å²) in [7, 11) is 1.96. The fourth-order valence-electron chi connectivity index (χ4n) is 1.44. The molecule has 0 aliphatic carbocycles. The minimum absolute atomic E-state index is 0.181. The molecular weight excluding hydrogens is 208 g/mol. The number of nitrogens with zero attached hydrogens (tertiary/aromatic N) is 3. The van der Waals surface area contributed by atoms with Crippen LogP contribution in [-0.4, -0.2) is 18.0 Å². The van der Waals surface area contributed by atoms with E-state index in [0.717, 1.165) is 11.5 Å². The molecule has 0 atom stereocenters. The number of nitrogen functional groups attached to an aromatic ring is 1. The highest BCUT2D eigenvalue weighted by Gasteiger charge is 2.19. The van der Waals surface area contributed by atoms with Gasteiger partial charge in [-0.05, 0) is 16.9 Å². The van der Waals surface area contributed by atoms with Gasteiger partial charge in [0.25, 0.3) is 0 Å². The van der Waals surface area contributed by atoms with Gasteiger partial charge in [0.2, 0.25) is 0 Å². The lowest BCUT2D eigenvalue weighted by Crippen LogP contribution is -2.28. The van der Waals surface area contributed by atoms with Crippen molar-refractivity contribution in [3.05, 3.63) is 5.56 Å². The van der Waals surface area contributed by atoms with Crippen molar-refractivity contribution in [3.63, 3.8) is 0 Å². The van der Waals surface area contributed by atoms with Gasteiger partial charge in [0.1, 0.15) is 16.6 Å². The van der Waals surface area contributed by atoms with Crippen molar-refractivity contribution in [2.75, 3.05) is 24.2 Å². The Bertz CT molecular complexity index is 383. The molecule has 82 valence electrons. The summed E-state index contributed by atoms with van der Waals surface area (Å²) in [5.74, 6) is 0.332. The van der Waals surface area contributed by atoms with Crippen LogP contribution in [0.5, 0.6) is 0 Å². The molecule has 1 aromatic rings. The molecule has 0 spiro atoms. The number of anilines is 2. The van der Waals surface area contributed by atoms with E-state index in [1.165, 1.54) is 11.5 Å². The number of hydrogen-bond donors (Lipinski definition) is 1. The van der Waals surface area contributed by atoms with Gasteiger partial charge in [0.15, 0.2) is 5.82 Å². The van der Waals surface area contributed by atoms with Crippen molar-refractivity contribution in [3.8, 4) is 6.07 Å². The zero-order valence-corrected chi connectivity index (χ0v) is 10.4. The van der Waals surface area contributed by atoms with Gasteiger partial charge in [-0.1, -0.05) is 20.8 Å². The highest BCUT2D eigenvalue weighted by atomic mass is 32.1. The van der Waals surface area contributed by atoms with Gasteiger partial charge in [0, 0.05) is 13.6 Å². The highest BCUT2D eigenvalue weighted by Crippen LogP contribution is 2.30. The second-order valence-electron chi connectivity index (χ2n) is 4.78. The van der Waals surface area contributed by atoms with Crippen molar-refractivity contribution < 1.29 is 0 Å². The molecule has 1 heterocycles. The first-order chi connectivity index (χ1) is 6.85. The van der Waals surface area contributed by atoms with Gasteiger partial charge in [-0.2, -0.15) is 9.64 Å². The van der Waals surface area contributed by atoms with Crippen molar-refractivity contribution >= 4 is 22.4 Å². The first-order valence-corrected chi connectivity index (χ1v) is 5.49. The number of nitriles is 1. The average Bonchev–Trinajstić information content (AvgIpc) is 2.43. The third-order valence-electron chi connectivity index (χ3n) is 1.87. The summed E-state index contributed by atoms with van der Waals surface area (Å²) in [6.07, 6.45) is 0. The van der Waals surface area contributed by atoms with Crippen LogP contribution in [0.2, 0.25) is 0 Å². The third kappa shape index (κ3) is 2.83. The Balaban J connectivity index is 2.93. The van der Waals surface area contributed by atoms with Crippen LogP contribution in [0.15, 0.2) is 0 Å². The molecule has 1 rings (SSSR count). The topological polar surface area (TPSA) is 65.9 Å². The SMILES string of the molecule is CN(CC(C)(C)C)c1snc(N)c1C#N. The number of rotatable bonds is 2. The second-order valence-corrected chi connectivity index (χ2v) is 5.53. The Hall–Kier alpha value is -1.28. The molecule has 0 aliphatic heterocycles. The Morgan fingerprint density at radius 2 is 2.13 bits per heavy atom. The van der Waals surface area contributed by atoms with Crippen LogP contribution >= 0.6 is 11.5 Å². The number of hydrogen-bond acceptors (Lipinski definition) is 5. The summed E-state index contributed by atoms with van der Waals surface area (Å²) >= 11 is 1.28. The van der Waals surface area contributed by atoms with Crippen LogP contribution in [0.25, 0.3) is 0 Å². The van der Waals surface area contributed by atoms with E-state index in [9.17, 15) is 0 Å².